The van der Waals surface area contributed by atoms with Crippen molar-refractivity contribution in [2.75, 3.05) is 7.11 Å². The van der Waals surface area contributed by atoms with Crippen LogP contribution in [0, 0.1) is 0 Å². The molecule has 1 aliphatic rings. The summed E-state index contributed by atoms with van der Waals surface area (Å²) in [4.78, 5) is 28.1. The van der Waals surface area contributed by atoms with Gasteiger partial charge in [0.05, 0.1) is 7.11 Å². The maximum Gasteiger partial charge on any atom is 0.442 e. The van der Waals surface area contributed by atoms with Crippen molar-refractivity contribution in [3.8, 4) is 5.75 Å². The molecule has 1 heterocycles. The fourth-order valence-corrected chi connectivity index (χ4v) is 2.53. The van der Waals surface area contributed by atoms with E-state index in [-0.39, 0.29) is 22.7 Å². The first-order valence-electron chi connectivity index (χ1n) is 7.77. The van der Waals surface area contributed by atoms with Crippen molar-refractivity contribution in [2.45, 2.75) is 11.8 Å². The lowest BCUT2D eigenvalue weighted by atomic mass is 10.1. The number of nitrogens with one attached hydrogen (secondary N) is 2. The number of hydrogen-bond acceptors (Lipinski definition) is 4. The third-order valence-electron chi connectivity index (χ3n) is 3.92. The Kier molecular flexibility index (Phi) is 4.61. The first kappa shape index (κ1) is 18.4. The minimum atomic E-state index is -5.15. The first-order chi connectivity index (χ1) is 12.8. The lowest BCUT2D eigenvalue weighted by Crippen LogP contribution is -2.63. The summed E-state index contributed by atoms with van der Waals surface area (Å²) in [5, 5.41) is 3.83. The summed E-state index contributed by atoms with van der Waals surface area (Å²) < 4.78 is 46.3. The summed E-state index contributed by atoms with van der Waals surface area (Å²) in [6, 6.07) is 13.4. The number of methoxy groups -OCH3 is 1. The molecule has 9 heteroatoms. The number of alkyl halides is 3. The number of amidine groups is 1. The van der Waals surface area contributed by atoms with Gasteiger partial charge in [-0.2, -0.15) is 13.2 Å². The monoisotopic (exact) mass is 377 g/mol. The van der Waals surface area contributed by atoms with Crippen LogP contribution in [0.3, 0.4) is 0 Å². The number of nitrogens with zero attached hydrogens (tertiary/aromatic N) is 1. The molecule has 0 aromatic heterocycles. The van der Waals surface area contributed by atoms with Gasteiger partial charge >= 0.3 is 11.8 Å². The van der Waals surface area contributed by atoms with Gasteiger partial charge in [-0.05, 0) is 18.2 Å². The molecule has 0 fully saturated rings. The number of benzene rings is 2. The number of aliphatic imine (C=N–C) groups is 1. The highest BCUT2D eigenvalue weighted by Crippen LogP contribution is 2.35. The van der Waals surface area contributed by atoms with Gasteiger partial charge < -0.3 is 15.4 Å². The van der Waals surface area contributed by atoms with E-state index in [0.717, 1.165) is 0 Å². The number of carbonyl (C=O) groups excluding carboxylic acids is 2. The number of hydrogen-bond donors (Lipinski definition) is 2. The molecule has 0 spiro atoms. The van der Waals surface area contributed by atoms with Gasteiger partial charge in [-0.25, -0.2) is 4.99 Å². The Balaban J connectivity index is 2.00. The van der Waals surface area contributed by atoms with E-state index in [1.54, 1.807) is 23.5 Å². The second kappa shape index (κ2) is 6.75. The van der Waals surface area contributed by atoms with E-state index in [0.29, 0.717) is 0 Å². The maximum atomic E-state index is 13.8. The summed E-state index contributed by atoms with van der Waals surface area (Å²) >= 11 is 0. The molecule has 6 nitrogen and oxygen atoms in total. The standard InChI is InChI=1S/C18H14F3N3O3/c1-27-13-9-5-8-12(10-13)15(25)24-17(18(19,20)21)16(26)22-14(23-17)11-6-3-2-4-7-11/h2-10H,1H3,(H,24,25)(H,22,23,26)/t17-/m0/s1. The summed E-state index contributed by atoms with van der Waals surface area (Å²) in [6.07, 6.45) is -5.15. The van der Waals surface area contributed by atoms with Gasteiger partial charge in [0, 0.05) is 11.1 Å². The van der Waals surface area contributed by atoms with E-state index in [1.807, 2.05) is 0 Å². The quantitative estimate of drug-likeness (QED) is 0.858. The van der Waals surface area contributed by atoms with Gasteiger partial charge in [-0.3, -0.25) is 9.59 Å². The van der Waals surface area contributed by atoms with Crippen LogP contribution in [0.25, 0.3) is 0 Å². The van der Waals surface area contributed by atoms with Gasteiger partial charge in [0.25, 0.3) is 11.8 Å². The third kappa shape index (κ3) is 3.35. The summed E-state index contributed by atoms with van der Waals surface area (Å²) in [5.41, 5.74) is -3.24. The number of rotatable bonds is 4. The Labute approximate surface area is 152 Å². The second-order valence-corrected chi connectivity index (χ2v) is 5.67. The zero-order chi connectivity index (χ0) is 19.7. The predicted molar refractivity (Wildman–Crippen MR) is 90.4 cm³/mol. The number of halogens is 3. The van der Waals surface area contributed by atoms with Crippen LogP contribution in [0.4, 0.5) is 13.2 Å². The molecular formula is C18H14F3N3O3. The molecule has 27 heavy (non-hydrogen) atoms. The zero-order valence-electron chi connectivity index (χ0n) is 14.0. The summed E-state index contributed by atoms with van der Waals surface area (Å²) in [6.45, 7) is 0. The fraction of sp³-hybridized carbons (Fsp3) is 0.167. The molecular weight excluding hydrogens is 363 g/mol. The van der Waals surface area contributed by atoms with E-state index in [2.05, 4.69) is 10.3 Å². The van der Waals surface area contributed by atoms with Crippen molar-refractivity contribution in [3.63, 3.8) is 0 Å². The predicted octanol–water partition coefficient (Wildman–Crippen LogP) is 2.26. The topological polar surface area (TPSA) is 79.8 Å². The minimum Gasteiger partial charge on any atom is -0.497 e. The van der Waals surface area contributed by atoms with Crippen LogP contribution < -0.4 is 15.4 Å². The van der Waals surface area contributed by atoms with Crippen LogP contribution >= 0.6 is 0 Å². The molecule has 0 aliphatic carbocycles. The second-order valence-electron chi connectivity index (χ2n) is 5.67. The summed E-state index contributed by atoms with van der Waals surface area (Å²) in [7, 11) is 1.36. The van der Waals surface area contributed by atoms with Crippen LogP contribution in [-0.2, 0) is 4.79 Å². The summed E-state index contributed by atoms with van der Waals surface area (Å²) in [5.74, 6) is -2.58. The molecule has 0 saturated heterocycles. The number of carbonyl (C=O) groups is 2. The lowest BCUT2D eigenvalue weighted by Gasteiger charge is -2.27. The van der Waals surface area contributed by atoms with Gasteiger partial charge in [-0.15, -0.1) is 0 Å². The zero-order valence-corrected chi connectivity index (χ0v) is 14.0. The Morgan fingerprint density at radius 3 is 2.48 bits per heavy atom. The van der Waals surface area contributed by atoms with Crippen LogP contribution in [0.5, 0.6) is 5.75 Å². The number of ether oxygens (including phenoxy) is 1. The largest absolute Gasteiger partial charge is 0.497 e. The van der Waals surface area contributed by atoms with E-state index < -0.39 is 23.7 Å². The van der Waals surface area contributed by atoms with Gasteiger partial charge in [0.1, 0.15) is 11.6 Å². The first-order valence-corrected chi connectivity index (χ1v) is 7.77. The lowest BCUT2D eigenvalue weighted by molar-refractivity contribution is -0.192. The Morgan fingerprint density at radius 2 is 1.85 bits per heavy atom. The molecule has 0 unspecified atom stereocenters. The van der Waals surface area contributed by atoms with Crippen molar-refractivity contribution in [2.24, 2.45) is 4.99 Å². The van der Waals surface area contributed by atoms with Crippen LogP contribution in [0.2, 0.25) is 0 Å². The van der Waals surface area contributed by atoms with Crippen molar-refractivity contribution in [3.05, 3.63) is 65.7 Å². The van der Waals surface area contributed by atoms with Crippen LogP contribution in [0.15, 0.2) is 59.6 Å². The molecule has 2 amide bonds. The Hall–Kier alpha value is -3.36. The van der Waals surface area contributed by atoms with Crippen molar-refractivity contribution in [1.82, 2.24) is 10.6 Å². The van der Waals surface area contributed by atoms with Crippen LogP contribution in [-0.4, -0.2) is 36.6 Å². The maximum absolute atomic E-state index is 13.8. The Morgan fingerprint density at radius 1 is 1.15 bits per heavy atom. The highest BCUT2D eigenvalue weighted by atomic mass is 19.4. The molecule has 1 atom stereocenters. The van der Waals surface area contributed by atoms with Crippen molar-refractivity contribution >= 4 is 17.6 Å². The Bertz CT molecular complexity index is 913. The average molecular weight is 377 g/mol. The van der Waals surface area contributed by atoms with Crippen molar-refractivity contribution < 1.29 is 27.5 Å². The van der Waals surface area contributed by atoms with Gasteiger partial charge in [0.15, 0.2) is 0 Å². The van der Waals surface area contributed by atoms with E-state index >= 15 is 0 Å². The van der Waals surface area contributed by atoms with Gasteiger partial charge in [0.2, 0.25) is 0 Å². The fourth-order valence-electron chi connectivity index (χ4n) is 2.53. The van der Waals surface area contributed by atoms with Crippen LogP contribution in [0.1, 0.15) is 15.9 Å². The third-order valence-corrected chi connectivity index (χ3v) is 3.92. The van der Waals surface area contributed by atoms with E-state index in [9.17, 15) is 22.8 Å². The normalized spacial score (nSPS) is 19.3. The van der Waals surface area contributed by atoms with Crippen molar-refractivity contribution in [1.29, 1.82) is 0 Å². The molecule has 0 bridgehead atoms. The van der Waals surface area contributed by atoms with E-state index in [4.69, 9.17) is 4.74 Å². The highest BCUT2D eigenvalue weighted by Gasteiger charge is 2.65. The molecule has 1 aliphatic heterocycles. The molecule has 140 valence electrons. The molecule has 2 aromatic carbocycles. The average Bonchev–Trinajstić information content (AvgIpc) is 3.00. The van der Waals surface area contributed by atoms with Gasteiger partial charge in [-0.1, -0.05) is 36.4 Å². The van der Waals surface area contributed by atoms with E-state index in [1.165, 1.54) is 43.5 Å². The number of amides is 2. The molecule has 0 radical (unpaired) electrons. The molecule has 0 saturated carbocycles. The molecule has 2 aromatic rings. The SMILES string of the molecule is COc1cccc(C(=O)N[C@@]2(C(F)(F)F)N=C(c3ccccc3)NC2=O)c1. The smallest absolute Gasteiger partial charge is 0.442 e. The molecule has 3 rings (SSSR count). The minimum absolute atomic E-state index is 0.103. The highest BCUT2D eigenvalue weighted by molar-refractivity contribution is 6.16. The molecule has 2 N–H and O–H groups in total.